The van der Waals surface area contributed by atoms with Crippen molar-refractivity contribution in [1.82, 2.24) is 5.32 Å². The van der Waals surface area contributed by atoms with Crippen LogP contribution in [0.4, 0.5) is 0 Å². The molecule has 4 nitrogen and oxygen atoms in total. The number of nitrogens with one attached hydrogen (secondary N) is 1. The topological polar surface area (TPSA) is 64.4 Å². The SMILES string of the molecule is N[C@@H](Cc1ccccc1)C(=O)NCc1ccccc1OCC1CC1. The van der Waals surface area contributed by atoms with E-state index in [1.807, 2.05) is 54.6 Å². The van der Waals surface area contributed by atoms with Crippen molar-refractivity contribution in [1.29, 1.82) is 0 Å². The quantitative estimate of drug-likeness (QED) is 0.784. The molecule has 0 bridgehead atoms. The minimum absolute atomic E-state index is 0.143. The number of carbonyl (C=O) groups excluding carboxylic acids is 1. The molecule has 1 aliphatic carbocycles. The molecule has 0 heterocycles. The predicted molar refractivity (Wildman–Crippen MR) is 94.6 cm³/mol. The Morgan fingerprint density at radius 2 is 1.83 bits per heavy atom. The standard InChI is InChI=1S/C20H24N2O2/c21-18(12-15-6-2-1-3-7-15)20(23)22-13-17-8-4-5-9-19(17)24-14-16-10-11-16/h1-9,16,18H,10-14,21H2,(H,22,23)/t18-/m0/s1. The van der Waals surface area contributed by atoms with Crippen LogP contribution < -0.4 is 15.8 Å². The smallest absolute Gasteiger partial charge is 0.237 e. The molecule has 0 unspecified atom stereocenters. The number of para-hydroxylation sites is 1. The Morgan fingerprint density at radius 1 is 1.12 bits per heavy atom. The fourth-order valence-electron chi connectivity index (χ4n) is 2.56. The molecule has 1 aliphatic rings. The van der Waals surface area contributed by atoms with Gasteiger partial charge in [-0.15, -0.1) is 0 Å². The third-order valence-electron chi connectivity index (χ3n) is 4.23. The van der Waals surface area contributed by atoms with Gasteiger partial charge >= 0.3 is 0 Å². The fraction of sp³-hybridized carbons (Fsp3) is 0.350. The van der Waals surface area contributed by atoms with Gasteiger partial charge in [-0.3, -0.25) is 4.79 Å². The molecule has 0 aromatic heterocycles. The zero-order valence-corrected chi connectivity index (χ0v) is 13.8. The molecule has 2 aromatic rings. The van der Waals surface area contributed by atoms with Crippen molar-refractivity contribution in [3.05, 3.63) is 65.7 Å². The zero-order chi connectivity index (χ0) is 16.8. The molecule has 3 N–H and O–H groups in total. The lowest BCUT2D eigenvalue weighted by molar-refractivity contribution is -0.122. The van der Waals surface area contributed by atoms with Gasteiger partial charge in [0.15, 0.2) is 0 Å². The summed E-state index contributed by atoms with van der Waals surface area (Å²) < 4.78 is 5.87. The highest BCUT2D eigenvalue weighted by atomic mass is 16.5. The first-order chi connectivity index (χ1) is 11.7. The molecule has 24 heavy (non-hydrogen) atoms. The third-order valence-corrected chi connectivity index (χ3v) is 4.23. The molecule has 126 valence electrons. The number of ether oxygens (including phenoxy) is 1. The van der Waals surface area contributed by atoms with Gasteiger partial charge in [0, 0.05) is 12.1 Å². The summed E-state index contributed by atoms with van der Waals surface area (Å²) in [6, 6.07) is 17.1. The fourth-order valence-corrected chi connectivity index (χ4v) is 2.56. The summed E-state index contributed by atoms with van der Waals surface area (Å²) >= 11 is 0. The van der Waals surface area contributed by atoms with Crippen molar-refractivity contribution in [2.24, 2.45) is 11.7 Å². The average Bonchev–Trinajstić information content (AvgIpc) is 3.44. The van der Waals surface area contributed by atoms with Crippen molar-refractivity contribution in [2.75, 3.05) is 6.61 Å². The first-order valence-corrected chi connectivity index (χ1v) is 8.50. The Kier molecular flexibility index (Phi) is 5.49. The van der Waals surface area contributed by atoms with Gasteiger partial charge in [-0.05, 0) is 36.8 Å². The van der Waals surface area contributed by atoms with Crippen LogP contribution in [0.15, 0.2) is 54.6 Å². The highest BCUT2D eigenvalue weighted by Gasteiger charge is 2.22. The molecule has 1 amide bonds. The maximum absolute atomic E-state index is 12.2. The van der Waals surface area contributed by atoms with Crippen LogP contribution in [0.3, 0.4) is 0 Å². The minimum atomic E-state index is -0.549. The number of rotatable bonds is 8. The van der Waals surface area contributed by atoms with Crippen molar-refractivity contribution in [3.8, 4) is 5.75 Å². The molecular formula is C20H24N2O2. The summed E-state index contributed by atoms with van der Waals surface area (Å²) in [6.07, 6.45) is 3.05. The Morgan fingerprint density at radius 3 is 2.58 bits per heavy atom. The molecule has 4 heteroatoms. The lowest BCUT2D eigenvalue weighted by atomic mass is 10.1. The van der Waals surface area contributed by atoms with Gasteiger partial charge in [0.25, 0.3) is 0 Å². The average molecular weight is 324 g/mol. The van der Waals surface area contributed by atoms with Gasteiger partial charge < -0.3 is 15.8 Å². The van der Waals surface area contributed by atoms with Crippen LogP contribution in [0.5, 0.6) is 5.75 Å². The van der Waals surface area contributed by atoms with Gasteiger partial charge in [-0.2, -0.15) is 0 Å². The van der Waals surface area contributed by atoms with E-state index in [1.165, 1.54) is 12.8 Å². The maximum atomic E-state index is 12.2. The van der Waals surface area contributed by atoms with Crippen LogP contribution >= 0.6 is 0 Å². The summed E-state index contributed by atoms with van der Waals surface area (Å²) in [5, 5.41) is 2.92. The molecule has 1 fully saturated rings. The lowest BCUT2D eigenvalue weighted by Gasteiger charge is -2.15. The maximum Gasteiger partial charge on any atom is 0.237 e. The van der Waals surface area contributed by atoms with E-state index in [0.29, 0.717) is 18.9 Å². The molecule has 0 saturated heterocycles. The molecule has 0 spiro atoms. The van der Waals surface area contributed by atoms with Crippen molar-refractivity contribution in [2.45, 2.75) is 31.8 Å². The molecule has 1 atom stereocenters. The summed E-state index contributed by atoms with van der Waals surface area (Å²) in [7, 11) is 0. The number of amides is 1. The van der Waals surface area contributed by atoms with Gasteiger partial charge in [-0.25, -0.2) is 0 Å². The van der Waals surface area contributed by atoms with Crippen molar-refractivity contribution in [3.63, 3.8) is 0 Å². The Bertz CT molecular complexity index is 668. The first-order valence-electron chi connectivity index (χ1n) is 8.50. The summed E-state index contributed by atoms with van der Waals surface area (Å²) in [6.45, 7) is 1.20. The second-order valence-electron chi connectivity index (χ2n) is 6.38. The third kappa shape index (κ3) is 4.83. The molecule has 0 radical (unpaired) electrons. The monoisotopic (exact) mass is 324 g/mol. The van der Waals surface area contributed by atoms with Crippen LogP contribution in [0.25, 0.3) is 0 Å². The van der Waals surface area contributed by atoms with Crippen LogP contribution in [0, 0.1) is 5.92 Å². The van der Waals surface area contributed by atoms with Gasteiger partial charge in [0.1, 0.15) is 5.75 Å². The van der Waals surface area contributed by atoms with Crippen molar-refractivity contribution >= 4 is 5.91 Å². The highest BCUT2D eigenvalue weighted by Crippen LogP contribution is 2.30. The van der Waals surface area contributed by atoms with E-state index < -0.39 is 6.04 Å². The number of benzene rings is 2. The molecule has 2 aromatic carbocycles. The van der Waals surface area contributed by atoms with Crippen LogP contribution in [0.2, 0.25) is 0 Å². The van der Waals surface area contributed by atoms with E-state index >= 15 is 0 Å². The van der Waals surface area contributed by atoms with Gasteiger partial charge in [0.2, 0.25) is 5.91 Å². The van der Waals surface area contributed by atoms with E-state index in [9.17, 15) is 4.79 Å². The number of carbonyl (C=O) groups is 1. The summed E-state index contributed by atoms with van der Waals surface area (Å²) in [4.78, 5) is 12.2. The van der Waals surface area contributed by atoms with E-state index in [1.54, 1.807) is 0 Å². The van der Waals surface area contributed by atoms with Crippen LogP contribution in [0.1, 0.15) is 24.0 Å². The number of nitrogens with two attached hydrogens (primary N) is 1. The highest BCUT2D eigenvalue weighted by molar-refractivity contribution is 5.81. The normalized spacial score (nSPS) is 14.9. The summed E-state index contributed by atoms with van der Waals surface area (Å²) in [5.41, 5.74) is 8.06. The van der Waals surface area contributed by atoms with E-state index in [4.69, 9.17) is 10.5 Å². The van der Waals surface area contributed by atoms with Crippen LogP contribution in [-0.2, 0) is 17.8 Å². The minimum Gasteiger partial charge on any atom is -0.493 e. The number of hydrogen-bond acceptors (Lipinski definition) is 3. The zero-order valence-electron chi connectivity index (χ0n) is 13.8. The molecule has 1 saturated carbocycles. The van der Waals surface area contributed by atoms with E-state index in [-0.39, 0.29) is 5.91 Å². The second-order valence-corrected chi connectivity index (χ2v) is 6.38. The van der Waals surface area contributed by atoms with E-state index in [2.05, 4.69) is 5.32 Å². The van der Waals surface area contributed by atoms with Gasteiger partial charge in [-0.1, -0.05) is 48.5 Å². The van der Waals surface area contributed by atoms with E-state index in [0.717, 1.165) is 23.5 Å². The second kappa shape index (κ2) is 7.97. The summed E-state index contributed by atoms with van der Waals surface area (Å²) in [5.74, 6) is 1.41. The Balaban J connectivity index is 1.51. The lowest BCUT2D eigenvalue weighted by Crippen LogP contribution is -2.41. The largest absolute Gasteiger partial charge is 0.493 e. The molecular weight excluding hydrogens is 300 g/mol. The molecule has 3 rings (SSSR count). The Labute approximate surface area is 143 Å². The molecule has 0 aliphatic heterocycles. The first kappa shape index (κ1) is 16.5. The predicted octanol–water partition coefficient (Wildman–Crippen LogP) is 2.66. The number of hydrogen-bond donors (Lipinski definition) is 2. The van der Waals surface area contributed by atoms with Gasteiger partial charge in [0.05, 0.1) is 12.6 Å². The Hall–Kier alpha value is -2.33. The van der Waals surface area contributed by atoms with Crippen LogP contribution in [-0.4, -0.2) is 18.6 Å². The van der Waals surface area contributed by atoms with Crippen molar-refractivity contribution < 1.29 is 9.53 Å².